The molecule has 1 saturated heterocycles. The van der Waals surface area contributed by atoms with Crippen LogP contribution in [0.2, 0.25) is 0 Å². The number of aromatic nitrogens is 3. The average molecular weight is 263 g/mol. The predicted molar refractivity (Wildman–Crippen MR) is 65.7 cm³/mol. The van der Waals surface area contributed by atoms with E-state index >= 15 is 0 Å². The molecule has 7 nitrogen and oxygen atoms in total. The number of nitrogens with two attached hydrogens (primary N) is 1. The Morgan fingerprint density at radius 1 is 1.37 bits per heavy atom. The van der Waals surface area contributed by atoms with Crippen LogP contribution in [0.5, 0.6) is 0 Å². The first kappa shape index (κ1) is 12.1. The molecule has 1 saturated carbocycles. The number of piperidine rings is 1. The van der Waals surface area contributed by atoms with Gasteiger partial charge in [-0.15, -0.1) is 0 Å². The van der Waals surface area contributed by atoms with Crippen molar-refractivity contribution in [2.24, 2.45) is 11.1 Å². The van der Waals surface area contributed by atoms with Crippen LogP contribution in [0.15, 0.2) is 12.7 Å². The summed E-state index contributed by atoms with van der Waals surface area (Å²) in [5.41, 5.74) is 4.44. The van der Waals surface area contributed by atoms with E-state index in [1.54, 1.807) is 15.9 Å². The first-order chi connectivity index (χ1) is 9.13. The molecule has 1 aliphatic carbocycles. The third-order valence-corrected chi connectivity index (χ3v) is 4.13. The van der Waals surface area contributed by atoms with Crippen molar-refractivity contribution in [3.05, 3.63) is 12.7 Å². The van der Waals surface area contributed by atoms with Gasteiger partial charge in [0, 0.05) is 13.1 Å². The van der Waals surface area contributed by atoms with E-state index in [1.165, 1.54) is 6.33 Å². The molecule has 2 aliphatic rings. The van der Waals surface area contributed by atoms with Gasteiger partial charge in [0.25, 0.3) is 0 Å². The van der Waals surface area contributed by atoms with Crippen molar-refractivity contribution in [2.45, 2.75) is 31.7 Å². The van der Waals surface area contributed by atoms with Gasteiger partial charge in [0.2, 0.25) is 11.8 Å². The van der Waals surface area contributed by atoms with Gasteiger partial charge < -0.3 is 10.6 Å². The van der Waals surface area contributed by atoms with E-state index in [-0.39, 0.29) is 11.9 Å². The minimum Gasteiger partial charge on any atom is -0.369 e. The van der Waals surface area contributed by atoms with Crippen molar-refractivity contribution in [1.29, 1.82) is 0 Å². The molecular weight excluding hydrogens is 246 g/mol. The number of amides is 2. The molecule has 0 bridgehead atoms. The number of hydrogen-bond donors (Lipinski definition) is 1. The lowest BCUT2D eigenvalue weighted by Crippen LogP contribution is -2.47. The summed E-state index contributed by atoms with van der Waals surface area (Å²) in [5.74, 6) is -0.592. The molecule has 2 heterocycles. The second-order valence-electron chi connectivity index (χ2n) is 5.37. The number of carbonyl (C=O) groups is 2. The van der Waals surface area contributed by atoms with Crippen LogP contribution in [0.3, 0.4) is 0 Å². The van der Waals surface area contributed by atoms with Gasteiger partial charge in [0.1, 0.15) is 18.1 Å². The van der Waals surface area contributed by atoms with Gasteiger partial charge in [0.15, 0.2) is 0 Å². The van der Waals surface area contributed by atoms with E-state index in [4.69, 9.17) is 5.73 Å². The number of likely N-dealkylation sites (tertiary alicyclic amines) is 1. The Balaban J connectivity index is 1.72. The van der Waals surface area contributed by atoms with E-state index in [0.717, 1.165) is 12.8 Å². The fourth-order valence-corrected chi connectivity index (χ4v) is 2.75. The number of primary amides is 1. The van der Waals surface area contributed by atoms with Crippen molar-refractivity contribution in [3.8, 4) is 0 Å². The largest absolute Gasteiger partial charge is 0.369 e. The van der Waals surface area contributed by atoms with Gasteiger partial charge in [-0.05, 0) is 25.7 Å². The molecule has 3 rings (SSSR count). The van der Waals surface area contributed by atoms with E-state index in [9.17, 15) is 9.59 Å². The molecule has 1 aromatic rings. The van der Waals surface area contributed by atoms with Crippen LogP contribution < -0.4 is 5.73 Å². The Morgan fingerprint density at radius 2 is 2.16 bits per heavy atom. The standard InChI is InChI=1S/C12H17N5O2/c13-10(18)12(3-4-12)11(19)16-5-1-2-9(6-16)17-8-14-7-15-17/h7-9H,1-6H2,(H2,13,18)/t9-/m0/s1. The zero-order valence-corrected chi connectivity index (χ0v) is 10.7. The zero-order chi connectivity index (χ0) is 13.5. The lowest BCUT2D eigenvalue weighted by Gasteiger charge is -2.34. The number of hydrogen-bond acceptors (Lipinski definition) is 4. The molecule has 1 aliphatic heterocycles. The molecule has 2 N–H and O–H groups in total. The van der Waals surface area contributed by atoms with Crippen LogP contribution in [0.25, 0.3) is 0 Å². The topological polar surface area (TPSA) is 94.1 Å². The smallest absolute Gasteiger partial charge is 0.238 e. The lowest BCUT2D eigenvalue weighted by atomic mass is 10.00. The highest BCUT2D eigenvalue weighted by atomic mass is 16.2. The summed E-state index contributed by atoms with van der Waals surface area (Å²) in [6.45, 7) is 1.27. The second-order valence-corrected chi connectivity index (χ2v) is 5.37. The maximum Gasteiger partial charge on any atom is 0.238 e. The summed E-state index contributed by atoms with van der Waals surface area (Å²) in [4.78, 5) is 29.5. The zero-order valence-electron chi connectivity index (χ0n) is 10.7. The number of nitrogens with zero attached hydrogens (tertiary/aromatic N) is 4. The molecule has 1 aromatic heterocycles. The summed E-state index contributed by atoms with van der Waals surface area (Å²) in [5, 5.41) is 4.12. The van der Waals surface area contributed by atoms with Crippen molar-refractivity contribution in [2.75, 3.05) is 13.1 Å². The molecule has 0 radical (unpaired) electrons. The Kier molecular flexibility index (Phi) is 2.76. The Hall–Kier alpha value is -1.92. The third-order valence-electron chi connectivity index (χ3n) is 4.13. The lowest BCUT2D eigenvalue weighted by molar-refractivity contribution is -0.144. The van der Waals surface area contributed by atoms with Crippen LogP contribution in [0.1, 0.15) is 31.7 Å². The second kappa shape index (κ2) is 4.32. The highest BCUT2D eigenvalue weighted by molar-refractivity contribution is 6.07. The molecule has 0 spiro atoms. The fraction of sp³-hybridized carbons (Fsp3) is 0.667. The molecule has 1 atom stereocenters. The quantitative estimate of drug-likeness (QED) is 0.758. The van der Waals surface area contributed by atoms with Gasteiger partial charge in [0.05, 0.1) is 6.04 Å². The maximum atomic E-state index is 12.4. The Labute approximate surface area is 110 Å². The van der Waals surface area contributed by atoms with Gasteiger partial charge in [-0.1, -0.05) is 0 Å². The summed E-state index contributed by atoms with van der Waals surface area (Å²) < 4.78 is 1.78. The minimum atomic E-state index is -0.912. The van der Waals surface area contributed by atoms with Gasteiger partial charge in [-0.25, -0.2) is 9.67 Å². The van der Waals surface area contributed by atoms with E-state index in [2.05, 4.69) is 10.1 Å². The third kappa shape index (κ3) is 1.98. The van der Waals surface area contributed by atoms with Crippen LogP contribution in [0.4, 0.5) is 0 Å². The van der Waals surface area contributed by atoms with Crippen LogP contribution in [-0.4, -0.2) is 44.6 Å². The summed E-state index contributed by atoms with van der Waals surface area (Å²) in [6.07, 6.45) is 6.21. The normalized spacial score (nSPS) is 25.1. The molecule has 19 heavy (non-hydrogen) atoms. The summed E-state index contributed by atoms with van der Waals surface area (Å²) >= 11 is 0. The molecule has 2 amide bonds. The molecule has 2 fully saturated rings. The summed E-state index contributed by atoms with van der Waals surface area (Å²) in [7, 11) is 0. The highest BCUT2D eigenvalue weighted by Crippen LogP contribution is 2.47. The molecular formula is C12H17N5O2. The van der Waals surface area contributed by atoms with Crippen LogP contribution in [-0.2, 0) is 9.59 Å². The van der Waals surface area contributed by atoms with Crippen molar-refractivity contribution in [3.63, 3.8) is 0 Å². The van der Waals surface area contributed by atoms with Gasteiger partial charge in [-0.2, -0.15) is 5.10 Å². The predicted octanol–water partition coefficient (Wildman–Crippen LogP) is -0.293. The number of rotatable bonds is 3. The van der Waals surface area contributed by atoms with Gasteiger partial charge >= 0.3 is 0 Å². The first-order valence-corrected chi connectivity index (χ1v) is 6.57. The molecule has 0 unspecified atom stereocenters. The molecule has 7 heteroatoms. The SMILES string of the molecule is NC(=O)C1(C(=O)N2CCC[C@H](n3cncn3)C2)CC1. The first-order valence-electron chi connectivity index (χ1n) is 6.57. The van der Waals surface area contributed by atoms with Gasteiger partial charge in [-0.3, -0.25) is 9.59 Å². The van der Waals surface area contributed by atoms with Crippen molar-refractivity contribution >= 4 is 11.8 Å². The summed E-state index contributed by atoms with van der Waals surface area (Å²) in [6, 6.07) is 0.142. The molecule has 102 valence electrons. The Morgan fingerprint density at radius 3 is 2.74 bits per heavy atom. The number of carbonyl (C=O) groups excluding carboxylic acids is 2. The monoisotopic (exact) mass is 263 g/mol. The van der Waals surface area contributed by atoms with E-state index in [1.807, 2.05) is 0 Å². The maximum absolute atomic E-state index is 12.4. The van der Waals surface area contributed by atoms with E-state index in [0.29, 0.717) is 25.9 Å². The van der Waals surface area contributed by atoms with E-state index < -0.39 is 11.3 Å². The minimum absolute atomic E-state index is 0.107. The van der Waals surface area contributed by atoms with Crippen LogP contribution in [0, 0.1) is 5.41 Å². The van der Waals surface area contributed by atoms with Crippen LogP contribution >= 0.6 is 0 Å². The Bertz CT molecular complexity index is 494. The average Bonchev–Trinajstić information content (AvgIpc) is 3.06. The van der Waals surface area contributed by atoms with Crippen molar-refractivity contribution in [1.82, 2.24) is 19.7 Å². The van der Waals surface area contributed by atoms with Crippen molar-refractivity contribution < 1.29 is 9.59 Å². The highest BCUT2D eigenvalue weighted by Gasteiger charge is 2.57. The molecule has 0 aromatic carbocycles. The fourth-order valence-electron chi connectivity index (χ4n) is 2.75.